The van der Waals surface area contributed by atoms with Crippen molar-refractivity contribution in [3.63, 3.8) is 0 Å². The maximum absolute atomic E-state index is 12.3. The summed E-state index contributed by atoms with van der Waals surface area (Å²) < 4.78 is 54.4. The molecule has 11 heteroatoms. The lowest BCUT2D eigenvalue weighted by Crippen LogP contribution is -2.26. The Hall–Kier alpha value is -2.63. The SMILES string of the molecule is CCC(=NNC(=S)Nc1cccc(S(=O)(=O)N(C)C)c1)c1ccc(OC(F)F)cc1. The number of sulfonamides is 1. The third kappa shape index (κ3) is 6.44. The van der Waals surface area contributed by atoms with E-state index in [9.17, 15) is 17.2 Å². The molecule has 0 aliphatic carbocycles. The number of halogens is 2. The summed E-state index contributed by atoms with van der Waals surface area (Å²) in [4.78, 5) is 0.129. The minimum absolute atomic E-state index is 0.0573. The van der Waals surface area contributed by atoms with Gasteiger partial charge in [0.2, 0.25) is 10.0 Å². The van der Waals surface area contributed by atoms with Gasteiger partial charge in [-0.05, 0) is 66.7 Å². The van der Waals surface area contributed by atoms with E-state index in [1.165, 1.54) is 38.4 Å². The number of benzene rings is 2. The molecule has 0 saturated heterocycles. The second-order valence-electron chi connectivity index (χ2n) is 6.20. The van der Waals surface area contributed by atoms with Crippen LogP contribution >= 0.6 is 12.2 Å². The molecule has 2 aromatic carbocycles. The summed E-state index contributed by atoms with van der Waals surface area (Å²) in [5.41, 5.74) is 4.55. The van der Waals surface area contributed by atoms with Crippen molar-refractivity contribution in [2.24, 2.45) is 5.10 Å². The van der Waals surface area contributed by atoms with Crippen molar-refractivity contribution in [2.45, 2.75) is 24.9 Å². The first-order valence-corrected chi connectivity index (χ1v) is 10.7. The molecule has 0 bridgehead atoms. The quantitative estimate of drug-likeness (QED) is 0.359. The predicted octanol–water partition coefficient (Wildman–Crippen LogP) is 3.64. The molecule has 0 radical (unpaired) electrons. The molecule has 30 heavy (non-hydrogen) atoms. The highest BCUT2D eigenvalue weighted by Crippen LogP contribution is 2.18. The molecule has 2 N–H and O–H groups in total. The Labute approximate surface area is 179 Å². The van der Waals surface area contributed by atoms with Crippen LogP contribution in [-0.2, 0) is 10.0 Å². The number of thiocarbonyl (C=S) groups is 1. The Bertz CT molecular complexity index is 1010. The molecule has 0 aliphatic heterocycles. The second-order valence-corrected chi connectivity index (χ2v) is 8.76. The summed E-state index contributed by atoms with van der Waals surface area (Å²) in [6.45, 7) is -0.998. The first-order chi connectivity index (χ1) is 14.1. The highest BCUT2D eigenvalue weighted by molar-refractivity contribution is 7.89. The van der Waals surface area contributed by atoms with Gasteiger partial charge in [-0.25, -0.2) is 12.7 Å². The number of hydrogen-bond acceptors (Lipinski definition) is 5. The average molecular weight is 457 g/mol. The van der Waals surface area contributed by atoms with Crippen LogP contribution < -0.4 is 15.5 Å². The Morgan fingerprint density at radius 3 is 2.43 bits per heavy atom. The number of hydrogen-bond donors (Lipinski definition) is 2. The lowest BCUT2D eigenvalue weighted by atomic mass is 10.1. The van der Waals surface area contributed by atoms with Crippen LogP contribution in [0.15, 0.2) is 58.5 Å². The van der Waals surface area contributed by atoms with Crippen LogP contribution in [0.2, 0.25) is 0 Å². The van der Waals surface area contributed by atoms with Gasteiger partial charge in [0, 0.05) is 19.8 Å². The van der Waals surface area contributed by atoms with Crippen LogP contribution in [0, 0.1) is 0 Å². The first-order valence-electron chi connectivity index (χ1n) is 8.85. The fraction of sp³-hybridized carbons (Fsp3) is 0.263. The third-order valence-electron chi connectivity index (χ3n) is 3.91. The number of ether oxygens (including phenoxy) is 1. The van der Waals surface area contributed by atoms with Gasteiger partial charge in [0.1, 0.15) is 5.75 Å². The third-order valence-corrected chi connectivity index (χ3v) is 5.91. The van der Waals surface area contributed by atoms with Gasteiger partial charge in [-0.1, -0.05) is 13.0 Å². The number of nitrogens with zero attached hydrogens (tertiary/aromatic N) is 2. The van der Waals surface area contributed by atoms with Crippen molar-refractivity contribution in [1.82, 2.24) is 9.73 Å². The predicted molar refractivity (Wildman–Crippen MR) is 117 cm³/mol. The van der Waals surface area contributed by atoms with Gasteiger partial charge in [-0.15, -0.1) is 0 Å². The monoisotopic (exact) mass is 456 g/mol. The lowest BCUT2D eigenvalue weighted by molar-refractivity contribution is -0.0498. The van der Waals surface area contributed by atoms with E-state index < -0.39 is 16.6 Å². The number of hydrazone groups is 1. The molecular weight excluding hydrogens is 434 g/mol. The molecular formula is C19H22F2N4O3S2. The van der Waals surface area contributed by atoms with Crippen molar-refractivity contribution >= 4 is 38.8 Å². The lowest BCUT2D eigenvalue weighted by Gasteiger charge is -2.13. The first kappa shape index (κ1) is 23.6. The van der Waals surface area contributed by atoms with Crippen molar-refractivity contribution in [3.8, 4) is 5.75 Å². The molecule has 0 saturated carbocycles. The molecule has 0 unspecified atom stereocenters. The molecule has 0 amide bonds. The van der Waals surface area contributed by atoms with E-state index in [1.807, 2.05) is 6.92 Å². The van der Waals surface area contributed by atoms with E-state index in [4.69, 9.17) is 12.2 Å². The zero-order valence-corrected chi connectivity index (χ0v) is 18.2. The van der Waals surface area contributed by atoms with E-state index in [-0.39, 0.29) is 15.8 Å². The smallest absolute Gasteiger partial charge is 0.387 e. The van der Waals surface area contributed by atoms with Crippen LogP contribution in [0.3, 0.4) is 0 Å². The second kappa shape index (κ2) is 10.4. The summed E-state index contributed by atoms with van der Waals surface area (Å²) >= 11 is 5.22. The van der Waals surface area contributed by atoms with Gasteiger partial charge in [0.25, 0.3) is 0 Å². The van der Waals surface area contributed by atoms with Crippen molar-refractivity contribution in [3.05, 3.63) is 54.1 Å². The van der Waals surface area contributed by atoms with Gasteiger partial charge in [-0.2, -0.15) is 13.9 Å². The maximum atomic E-state index is 12.3. The minimum Gasteiger partial charge on any atom is -0.435 e. The van der Waals surface area contributed by atoms with Gasteiger partial charge in [-0.3, -0.25) is 5.43 Å². The van der Waals surface area contributed by atoms with Crippen LogP contribution in [0.4, 0.5) is 14.5 Å². The number of rotatable bonds is 8. The molecule has 7 nitrogen and oxygen atoms in total. The van der Waals surface area contributed by atoms with E-state index >= 15 is 0 Å². The molecule has 0 heterocycles. The Kier molecular flexibility index (Phi) is 8.21. The molecule has 0 fully saturated rings. The van der Waals surface area contributed by atoms with E-state index in [1.54, 1.807) is 24.3 Å². The topological polar surface area (TPSA) is 83.0 Å². The van der Waals surface area contributed by atoms with Gasteiger partial charge in [0.15, 0.2) is 5.11 Å². The molecule has 2 aromatic rings. The van der Waals surface area contributed by atoms with Crippen molar-refractivity contribution in [2.75, 3.05) is 19.4 Å². The van der Waals surface area contributed by atoms with Gasteiger partial charge < -0.3 is 10.1 Å². The molecule has 0 aromatic heterocycles. The van der Waals surface area contributed by atoms with Crippen molar-refractivity contribution < 1.29 is 21.9 Å². The van der Waals surface area contributed by atoms with Gasteiger partial charge >= 0.3 is 6.61 Å². The van der Waals surface area contributed by atoms with E-state index in [0.29, 0.717) is 23.4 Å². The molecule has 0 spiro atoms. The molecule has 0 aliphatic rings. The van der Waals surface area contributed by atoms with Gasteiger partial charge in [0.05, 0.1) is 10.6 Å². The normalized spacial score (nSPS) is 12.2. The fourth-order valence-electron chi connectivity index (χ4n) is 2.40. The fourth-order valence-corrected chi connectivity index (χ4v) is 3.51. The van der Waals surface area contributed by atoms with Crippen LogP contribution in [0.1, 0.15) is 18.9 Å². The molecule has 2 rings (SSSR count). The summed E-state index contributed by atoms with van der Waals surface area (Å²) in [7, 11) is -0.661. The Morgan fingerprint density at radius 2 is 1.87 bits per heavy atom. The summed E-state index contributed by atoms with van der Waals surface area (Å²) in [5, 5.41) is 7.29. The van der Waals surface area contributed by atoms with Crippen molar-refractivity contribution in [1.29, 1.82) is 0 Å². The molecule has 0 atom stereocenters. The minimum atomic E-state index is -3.57. The molecule has 162 valence electrons. The summed E-state index contributed by atoms with van der Waals surface area (Å²) in [6, 6.07) is 12.3. The highest BCUT2D eigenvalue weighted by Gasteiger charge is 2.17. The van der Waals surface area contributed by atoms with Crippen LogP contribution in [-0.4, -0.2) is 44.3 Å². The Balaban J connectivity index is 2.07. The zero-order valence-electron chi connectivity index (χ0n) is 16.6. The highest BCUT2D eigenvalue weighted by atomic mass is 32.2. The standard InChI is InChI=1S/C19H22F2N4O3S2/c1-4-17(13-8-10-15(11-9-13)28-18(20)21)23-24-19(29)22-14-6-5-7-16(12-14)30(26,27)25(2)3/h5-12,18H,4H2,1-3H3,(H2,22,24,29). The van der Waals surface area contributed by atoms with E-state index in [0.717, 1.165) is 4.31 Å². The maximum Gasteiger partial charge on any atom is 0.387 e. The number of alkyl halides is 2. The van der Waals surface area contributed by atoms with Crippen LogP contribution in [0.25, 0.3) is 0 Å². The van der Waals surface area contributed by atoms with E-state index in [2.05, 4.69) is 20.6 Å². The summed E-state index contributed by atoms with van der Waals surface area (Å²) in [5.74, 6) is 0.0573. The summed E-state index contributed by atoms with van der Waals surface area (Å²) in [6.07, 6.45) is 0.557. The number of anilines is 1. The zero-order chi connectivity index (χ0) is 22.3. The Morgan fingerprint density at radius 1 is 1.20 bits per heavy atom. The average Bonchev–Trinajstić information content (AvgIpc) is 2.69. The number of nitrogens with one attached hydrogen (secondary N) is 2. The largest absolute Gasteiger partial charge is 0.435 e. The van der Waals surface area contributed by atoms with Crippen LogP contribution in [0.5, 0.6) is 5.75 Å².